The Kier molecular flexibility index (Phi) is 5.57. The van der Waals surface area contributed by atoms with Crippen LogP contribution in [0.2, 0.25) is 0 Å². The second kappa shape index (κ2) is 6.95. The van der Waals surface area contributed by atoms with Gasteiger partial charge in [-0.05, 0) is 23.8 Å². The van der Waals surface area contributed by atoms with Crippen molar-refractivity contribution in [2.75, 3.05) is 6.54 Å². The molecule has 1 rings (SSSR count). The van der Waals surface area contributed by atoms with Gasteiger partial charge >= 0.3 is 12.0 Å². The largest absolute Gasteiger partial charge is 0.481 e. The van der Waals surface area contributed by atoms with Crippen molar-refractivity contribution in [2.24, 2.45) is 0 Å². The molecule has 5 nitrogen and oxygen atoms in total. The van der Waals surface area contributed by atoms with Gasteiger partial charge in [0.1, 0.15) is 5.82 Å². The molecule has 0 aliphatic heterocycles. The van der Waals surface area contributed by atoms with Crippen molar-refractivity contribution < 1.29 is 19.1 Å². The van der Waals surface area contributed by atoms with Gasteiger partial charge in [-0.25, -0.2) is 9.18 Å². The minimum atomic E-state index is -0.983. The molecule has 0 fully saturated rings. The Hall–Kier alpha value is -1.63. The highest BCUT2D eigenvalue weighted by molar-refractivity contribution is 9.10. The zero-order chi connectivity index (χ0) is 13.5. The Morgan fingerprint density at radius 3 is 2.72 bits per heavy atom. The van der Waals surface area contributed by atoms with Crippen LogP contribution in [0.3, 0.4) is 0 Å². The van der Waals surface area contributed by atoms with Gasteiger partial charge < -0.3 is 15.7 Å². The highest BCUT2D eigenvalue weighted by Crippen LogP contribution is 2.17. The molecule has 1 aromatic carbocycles. The molecule has 98 valence electrons. The maximum absolute atomic E-state index is 12.9. The zero-order valence-electron chi connectivity index (χ0n) is 9.37. The number of hydrogen-bond acceptors (Lipinski definition) is 2. The van der Waals surface area contributed by atoms with Crippen molar-refractivity contribution in [1.82, 2.24) is 10.6 Å². The number of nitrogens with one attached hydrogen (secondary N) is 2. The summed E-state index contributed by atoms with van der Waals surface area (Å²) in [5.41, 5.74) is 0.600. The molecule has 0 spiro atoms. The molecule has 7 heteroatoms. The molecular weight excluding hydrogens is 307 g/mol. The van der Waals surface area contributed by atoms with Crippen LogP contribution in [-0.2, 0) is 11.3 Å². The van der Waals surface area contributed by atoms with E-state index in [1.54, 1.807) is 6.07 Å². The average Bonchev–Trinajstić information content (AvgIpc) is 2.30. The highest BCUT2D eigenvalue weighted by atomic mass is 79.9. The summed E-state index contributed by atoms with van der Waals surface area (Å²) in [7, 11) is 0. The van der Waals surface area contributed by atoms with Gasteiger partial charge in [-0.1, -0.05) is 15.9 Å². The Labute approximate surface area is 112 Å². The summed E-state index contributed by atoms with van der Waals surface area (Å²) >= 11 is 3.24. The van der Waals surface area contributed by atoms with E-state index in [2.05, 4.69) is 26.6 Å². The van der Waals surface area contributed by atoms with Gasteiger partial charge in [0, 0.05) is 17.6 Å². The van der Waals surface area contributed by atoms with E-state index in [1.165, 1.54) is 12.1 Å². The SMILES string of the molecule is O=C(O)CCNC(=O)NCc1cc(F)ccc1Br. The number of carbonyl (C=O) groups is 2. The predicted octanol–water partition coefficient (Wildman–Crippen LogP) is 1.86. The van der Waals surface area contributed by atoms with Gasteiger partial charge in [-0.2, -0.15) is 0 Å². The maximum Gasteiger partial charge on any atom is 0.315 e. The number of benzene rings is 1. The second-order valence-corrected chi connectivity index (χ2v) is 4.34. The van der Waals surface area contributed by atoms with E-state index in [4.69, 9.17) is 5.11 Å². The third-order valence-electron chi connectivity index (χ3n) is 2.07. The lowest BCUT2D eigenvalue weighted by atomic mass is 10.2. The first-order valence-corrected chi connectivity index (χ1v) is 5.96. The molecule has 1 aromatic rings. The molecule has 2 amide bonds. The third-order valence-corrected chi connectivity index (χ3v) is 2.85. The summed E-state index contributed by atoms with van der Waals surface area (Å²) < 4.78 is 13.6. The van der Waals surface area contributed by atoms with E-state index >= 15 is 0 Å². The Morgan fingerprint density at radius 2 is 2.06 bits per heavy atom. The summed E-state index contributed by atoms with van der Waals surface area (Å²) in [6, 6.07) is 3.67. The molecule has 0 aromatic heterocycles. The number of aliphatic carboxylic acids is 1. The van der Waals surface area contributed by atoms with Crippen LogP contribution in [0.1, 0.15) is 12.0 Å². The fourth-order valence-corrected chi connectivity index (χ4v) is 1.59. The summed E-state index contributed by atoms with van der Waals surface area (Å²) in [6.07, 6.45) is -0.142. The number of halogens is 2. The number of carboxylic acid groups (broad SMARTS) is 1. The molecule has 0 unspecified atom stereocenters. The monoisotopic (exact) mass is 318 g/mol. The van der Waals surface area contributed by atoms with Crippen LogP contribution in [0, 0.1) is 5.82 Å². The number of carboxylic acids is 1. The summed E-state index contributed by atoms with van der Waals surface area (Å²) in [4.78, 5) is 21.5. The van der Waals surface area contributed by atoms with Crippen LogP contribution >= 0.6 is 15.9 Å². The Bertz CT molecular complexity index is 454. The average molecular weight is 319 g/mol. The fraction of sp³-hybridized carbons (Fsp3) is 0.273. The first kappa shape index (κ1) is 14.4. The molecule has 0 heterocycles. The first-order chi connectivity index (χ1) is 8.49. The van der Waals surface area contributed by atoms with E-state index in [1.807, 2.05) is 0 Å². The summed E-state index contributed by atoms with van der Waals surface area (Å²) in [5.74, 6) is -1.37. The van der Waals surface area contributed by atoms with Crippen LogP contribution in [0.5, 0.6) is 0 Å². The van der Waals surface area contributed by atoms with Gasteiger partial charge in [0.2, 0.25) is 0 Å². The molecule has 0 atom stereocenters. The minimum Gasteiger partial charge on any atom is -0.481 e. The number of rotatable bonds is 5. The van der Waals surface area contributed by atoms with Crippen LogP contribution in [0.15, 0.2) is 22.7 Å². The van der Waals surface area contributed by atoms with E-state index in [9.17, 15) is 14.0 Å². The quantitative estimate of drug-likeness (QED) is 0.775. The van der Waals surface area contributed by atoms with Crippen molar-refractivity contribution >= 4 is 27.9 Å². The zero-order valence-corrected chi connectivity index (χ0v) is 11.0. The molecule has 3 N–H and O–H groups in total. The molecule has 18 heavy (non-hydrogen) atoms. The lowest BCUT2D eigenvalue weighted by Crippen LogP contribution is -2.36. The van der Waals surface area contributed by atoms with Gasteiger partial charge in [0.25, 0.3) is 0 Å². The normalized spacial score (nSPS) is 9.89. The van der Waals surface area contributed by atoms with Gasteiger partial charge in [0.05, 0.1) is 6.42 Å². The van der Waals surface area contributed by atoms with Gasteiger partial charge in [0.15, 0.2) is 0 Å². The van der Waals surface area contributed by atoms with Crippen LogP contribution < -0.4 is 10.6 Å². The molecule has 0 saturated carbocycles. The van der Waals surface area contributed by atoms with E-state index in [0.717, 1.165) is 0 Å². The van der Waals surface area contributed by atoms with Crippen LogP contribution in [0.25, 0.3) is 0 Å². The maximum atomic E-state index is 12.9. The standard InChI is InChI=1S/C11H12BrFN2O3/c12-9-2-1-8(13)5-7(9)6-15-11(18)14-4-3-10(16)17/h1-2,5H,3-4,6H2,(H,16,17)(H2,14,15,18). The minimum absolute atomic E-state index is 0.0471. The molecule has 0 radical (unpaired) electrons. The molecule has 0 bridgehead atoms. The van der Waals surface area contributed by atoms with Crippen molar-refractivity contribution in [2.45, 2.75) is 13.0 Å². The lowest BCUT2D eigenvalue weighted by Gasteiger charge is -2.08. The number of urea groups is 1. The number of carbonyl (C=O) groups excluding carboxylic acids is 1. The fourth-order valence-electron chi connectivity index (χ4n) is 1.20. The topological polar surface area (TPSA) is 78.4 Å². The predicted molar refractivity (Wildman–Crippen MR) is 66.6 cm³/mol. The second-order valence-electron chi connectivity index (χ2n) is 3.49. The smallest absolute Gasteiger partial charge is 0.315 e. The Morgan fingerprint density at radius 1 is 1.33 bits per heavy atom. The van der Waals surface area contributed by atoms with E-state index in [-0.39, 0.29) is 25.3 Å². The van der Waals surface area contributed by atoms with Crippen molar-refractivity contribution in [1.29, 1.82) is 0 Å². The molecule has 0 aliphatic carbocycles. The van der Waals surface area contributed by atoms with Crippen molar-refractivity contribution in [3.63, 3.8) is 0 Å². The third kappa shape index (κ3) is 5.13. The highest BCUT2D eigenvalue weighted by Gasteiger charge is 2.05. The van der Waals surface area contributed by atoms with Crippen molar-refractivity contribution in [3.05, 3.63) is 34.1 Å². The van der Waals surface area contributed by atoms with Gasteiger partial charge in [-0.3, -0.25) is 4.79 Å². The summed E-state index contributed by atoms with van der Waals surface area (Å²) in [6.45, 7) is 0.197. The van der Waals surface area contributed by atoms with E-state index < -0.39 is 12.0 Å². The van der Waals surface area contributed by atoms with Crippen molar-refractivity contribution in [3.8, 4) is 0 Å². The molecule has 0 saturated heterocycles. The van der Waals surface area contributed by atoms with Crippen LogP contribution in [-0.4, -0.2) is 23.7 Å². The molecular formula is C11H12BrFN2O3. The van der Waals surface area contributed by atoms with Gasteiger partial charge in [-0.15, -0.1) is 0 Å². The van der Waals surface area contributed by atoms with E-state index in [0.29, 0.717) is 10.0 Å². The lowest BCUT2D eigenvalue weighted by molar-refractivity contribution is -0.136. The number of hydrogen-bond donors (Lipinski definition) is 3. The number of amides is 2. The Balaban J connectivity index is 2.38. The first-order valence-electron chi connectivity index (χ1n) is 5.16. The van der Waals surface area contributed by atoms with Crippen LogP contribution in [0.4, 0.5) is 9.18 Å². The molecule has 0 aliphatic rings. The summed E-state index contributed by atoms with van der Waals surface area (Å²) in [5, 5.41) is 13.3.